The van der Waals surface area contributed by atoms with Gasteiger partial charge in [-0.25, -0.2) is 4.98 Å². The lowest BCUT2D eigenvalue weighted by Gasteiger charge is -2.16. The summed E-state index contributed by atoms with van der Waals surface area (Å²) in [5, 5.41) is 9.45. The van der Waals surface area contributed by atoms with E-state index in [1.807, 2.05) is 10.8 Å². The van der Waals surface area contributed by atoms with Crippen molar-refractivity contribution in [1.82, 2.24) is 9.55 Å². The number of rotatable bonds is 6. The zero-order chi connectivity index (χ0) is 12.2. The predicted molar refractivity (Wildman–Crippen MR) is 67.0 cm³/mol. The molecule has 0 bridgehead atoms. The number of aliphatic hydroxyl groups excluding tert-OH is 1. The molecule has 1 atom stereocenters. The summed E-state index contributed by atoms with van der Waals surface area (Å²) >= 11 is 0. The maximum Gasteiger partial charge on any atom is 0.139 e. The van der Waals surface area contributed by atoms with Gasteiger partial charge in [-0.05, 0) is 13.0 Å². The largest absolute Gasteiger partial charge is 0.385 e. The quantitative estimate of drug-likeness (QED) is 0.615. The van der Waals surface area contributed by atoms with Crippen LogP contribution in [0.1, 0.15) is 18.9 Å². The summed E-state index contributed by atoms with van der Waals surface area (Å²) in [6.07, 6.45) is 2.97. The smallest absolute Gasteiger partial charge is 0.139 e. The van der Waals surface area contributed by atoms with Crippen LogP contribution in [-0.4, -0.2) is 29.3 Å². The molecule has 0 aromatic carbocycles. The molecule has 4 nitrogen and oxygen atoms in total. The number of nitrogens with zero attached hydrogens (tertiary/aromatic N) is 2. The number of ether oxygens (including phenoxy) is 1. The highest BCUT2D eigenvalue weighted by atomic mass is 28.3. The van der Waals surface area contributed by atoms with Crippen LogP contribution in [-0.2, 0) is 11.5 Å². The van der Waals surface area contributed by atoms with Crippen LogP contribution in [0.2, 0.25) is 25.7 Å². The van der Waals surface area contributed by atoms with Crippen molar-refractivity contribution in [3.63, 3.8) is 0 Å². The minimum Gasteiger partial charge on any atom is -0.385 e. The number of imidazole rings is 1. The van der Waals surface area contributed by atoms with E-state index in [4.69, 9.17) is 4.74 Å². The highest BCUT2D eigenvalue weighted by molar-refractivity contribution is 6.76. The zero-order valence-corrected chi connectivity index (χ0v) is 11.6. The second-order valence-electron chi connectivity index (χ2n) is 5.28. The Morgan fingerprint density at radius 2 is 2.19 bits per heavy atom. The van der Waals surface area contributed by atoms with E-state index in [0.717, 1.165) is 12.7 Å². The van der Waals surface area contributed by atoms with Gasteiger partial charge >= 0.3 is 0 Å². The van der Waals surface area contributed by atoms with Gasteiger partial charge in [0.05, 0.1) is 0 Å². The molecule has 1 aromatic heterocycles. The molecule has 1 unspecified atom stereocenters. The fourth-order valence-corrected chi connectivity index (χ4v) is 2.10. The van der Waals surface area contributed by atoms with E-state index < -0.39 is 14.2 Å². The van der Waals surface area contributed by atoms with E-state index in [1.54, 1.807) is 13.1 Å². The van der Waals surface area contributed by atoms with Gasteiger partial charge in [-0.1, -0.05) is 19.6 Å². The first-order chi connectivity index (χ1) is 7.40. The molecule has 0 saturated carbocycles. The molecule has 0 aliphatic carbocycles. The molecule has 0 amide bonds. The summed E-state index contributed by atoms with van der Waals surface area (Å²) in [7, 11) is -1.01. The first-order valence-corrected chi connectivity index (χ1v) is 9.38. The van der Waals surface area contributed by atoms with Gasteiger partial charge in [0, 0.05) is 27.1 Å². The van der Waals surface area contributed by atoms with Crippen molar-refractivity contribution in [2.75, 3.05) is 6.61 Å². The first-order valence-electron chi connectivity index (χ1n) is 5.67. The number of hydrogen-bond donors (Lipinski definition) is 1. The van der Waals surface area contributed by atoms with Crippen LogP contribution in [0.4, 0.5) is 0 Å². The topological polar surface area (TPSA) is 47.3 Å². The van der Waals surface area contributed by atoms with Crippen molar-refractivity contribution >= 4 is 8.07 Å². The fourth-order valence-electron chi connectivity index (χ4n) is 1.34. The highest BCUT2D eigenvalue weighted by Gasteiger charge is 2.12. The Balaban J connectivity index is 2.35. The molecular weight excluding hydrogens is 220 g/mol. The lowest BCUT2D eigenvalue weighted by Crippen LogP contribution is -2.22. The summed E-state index contributed by atoms with van der Waals surface area (Å²) in [6.45, 7) is 9.96. The Morgan fingerprint density at radius 1 is 1.50 bits per heavy atom. The molecule has 0 radical (unpaired) electrons. The van der Waals surface area contributed by atoms with Gasteiger partial charge in [0.2, 0.25) is 0 Å². The molecule has 0 saturated heterocycles. The molecule has 0 aliphatic rings. The third-order valence-corrected chi connectivity index (χ3v) is 4.05. The van der Waals surface area contributed by atoms with Crippen molar-refractivity contribution in [3.8, 4) is 0 Å². The summed E-state index contributed by atoms with van der Waals surface area (Å²) in [5.41, 5.74) is 0. The molecule has 1 N–H and O–H groups in total. The zero-order valence-electron chi connectivity index (χ0n) is 10.6. The minimum atomic E-state index is -1.01. The fraction of sp³-hybridized carbons (Fsp3) is 0.727. The van der Waals surface area contributed by atoms with Crippen LogP contribution in [0.25, 0.3) is 0 Å². The molecule has 16 heavy (non-hydrogen) atoms. The Bertz CT molecular complexity index is 318. The summed E-state index contributed by atoms with van der Waals surface area (Å²) in [6, 6.07) is 1.16. The van der Waals surface area contributed by atoms with Gasteiger partial charge in [0.25, 0.3) is 0 Å². The SMILES string of the molecule is CC(O)c1nccn1COCC[Si](C)(C)C. The Kier molecular flexibility index (Phi) is 4.70. The van der Waals surface area contributed by atoms with Crippen molar-refractivity contribution in [3.05, 3.63) is 18.2 Å². The second-order valence-corrected chi connectivity index (χ2v) is 10.9. The molecule has 1 rings (SSSR count). The highest BCUT2D eigenvalue weighted by Crippen LogP contribution is 2.11. The average Bonchev–Trinajstić information content (AvgIpc) is 2.58. The Hall–Kier alpha value is -0.653. The lowest BCUT2D eigenvalue weighted by atomic mass is 10.4. The monoisotopic (exact) mass is 242 g/mol. The maximum atomic E-state index is 9.45. The van der Waals surface area contributed by atoms with Crippen LogP contribution in [0, 0.1) is 0 Å². The lowest BCUT2D eigenvalue weighted by molar-refractivity contribution is 0.0769. The van der Waals surface area contributed by atoms with Crippen molar-refractivity contribution in [2.45, 2.75) is 45.4 Å². The third kappa shape index (κ3) is 4.47. The number of hydrogen-bond acceptors (Lipinski definition) is 3. The molecular formula is C11H22N2O2Si. The van der Waals surface area contributed by atoms with Crippen LogP contribution < -0.4 is 0 Å². The maximum absolute atomic E-state index is 9.45. The van der Waals surface area contributed by atoms with E-state index in [9.17, 15) is 5.11 Å². The minimum absolute atomic E-state index is 0.477. The molecule has 0 fully saturated rings. The molecule has 92 valence electrons. The first kappa shape index (κ1) is 13.4. The average molecular weight is 242 g/mol. The summed E-state index contributed by atoms with van der Waals surface area (Å²) < 4.78 is 7.43. The number of aliphatic hydroxyl groups is 1. The van der Waals surface area contributed by atoms with Crippen LogP contribution in [0.15, 0.2) is 12.4 Å². The van der Waals surface area contributed by atoms with E-state index in [0.29, 0.717) is 12.6 Å². The van der Waals surface area contributed by atoms with Gasteiger partial charge in [-0.3, -0.25) is 0 Å². The van der Waals surface area contributed by atoms with Crippen molar-refractivity contribution < 1.29 is 9.84 Å². The predicted octanol–water partition coefficient (Wildman–Crippen LogP) is 2.25. The Labute approximate surface area is 98.3 Å². The van der Waals surface area contributed by atoms with Crippen molar-refractivity contribution in [1.29, 1.82) is 0 Å². The van der Waals surface area contributed by atoms with E-state index in [2.05, 4.69) is 24.6 Å². The second kappa shape index (κ2) is 5.61. The molecule has 0 aliphatic heterocycles. The summed E-state index contributed by atoms with van der Waals surface area (Å²) in [4.78, 5) is 4.08. The van der Waals surface area contributed by atoms with Gasteiger partial charge in [-0.15, -0.1) is 0 Å². The van der Waals surface area contributed by atoms with Gasteiger partial charge in [0.1, 0.15) is 18.7 Å². The molecule has 1 aromatic rings. The number of aromatic nitrogens is 2. The van der Waals surface area contributed by atoms with E-state index in [1.165, 1.54) is 0 Å². The van der Waals surface area contributed by atoms with Gasteiger partial charge < -0.3 is 14.4 Å². The molecule has 5 heteroatoms. The standard InChI is InChI=1S/C11H22N2O2Si/c1-10(14)11-12-5-6-13(11)9-15-7-8-16(2,3)4/h5-6,10,14H,7-9H2,1-4H3. The van der Waals surface area contributed by atoms with Gasteiger partial charge in [-0.2, -0.15) is 0 Å². The third-order valence-electron chi connectivity index (χ3n) is 2.35. The normalized spacial score (nSPS) is 14.1. The molecule has 0 spiro atoms. The Morgan fingerprint density at radius 3 is 2.75 bits per heavy atom. The summed E-state index contributed by atoms with van der Waals surface area (Å²) in [5.74, 6) is 0.660. The van der Waals surface area contributed by atoms with Crippen molar-refractivity contribution in [2.24, 2.45) is 0 Å². The molecule has 1 heterocycles. The van der Waals surface area contributed by atoms with Crippen LogP contribution in [0.3, 0.4) is 0 Å². The van der Waals surface area contributed by atoms with Crippen LogP contribution >= 0.6 is 0 Å². The van der Waals surface area contributed by atoms with E-state index >= 15 is 0 Å². The van der Waals surface area contributed by atoms with Crippen LogP contribution in [0.5, 0.6) is 0 Å². The van der Waals surface area contributed by atoms with E-state index in [-0.39, 0.29) is 0 Å². The van der Waals surface area contributed by atoms with Gasteiger partial charge in [0.15, 0.2) is 0 Å².